The van der Waals surface area contributed by atoms with E-state index in [1.165, 1.54) is 0 Å². The summed E-state index contributed by atoms with van der Waals surface area (Å²) in [6, 6.07) is 7.67. The molecule has 0 aromatic heterocycles. The van der Waals surface area contributed by atoms with Gasteiger partial charge in [0.15, 0.2) is 0 Å². The van der Waals surface area contributed by atoms with E-state index in [4.69, 9.17) is 11.6 Å². The van der Waals surface area contributed by atoms with Crippen molar-refractivity contribution in [1.29, 1.82) is 0 Å². The Morgan fingerprint density at radius 1 is 1.50 bits per heavy atom. The Morgan fingerprint density at radius 3 is 2.94 bits per heavy atom. The average Bonchev–Trinajstić information content (AvgIpc) is 2.32. The molecule has 1 aliphatic heterocycles. The van der Waals surface area contributed by atoms with Gasteiger partial charge < -0.3 is 10.0 Å². The summed E-state index contributed by atoms with van der Waals surface area (Å²) in [6.45, 7) is 0.899. The van der Waals surface area contributed by atoms with E-state index in [2.05, 4.69) is 19.0 Å². The Balaban J connectivity index is 2.29. The first-order valence-electron chi connectivity index (χ1n) is 6.23. The van der Waals surface area contributed by atoms with Crippen molar-refractivity contribution in [2.45, 2.75) is 12.0 Å². The standard InChI is InChI=1S/C14H20ClNOS/c1-16(2)9-12-10-18-7-6-14(12,17)11-4-3-5-13(15)8-11/h3-5,8,12,17H,6-7,9-10H2,1-2H3/t12-,14-/m1/s1. The van der Waals surface area contributed by atoms with Crippen molar-refractivity contribution in [3.63, 3.8) is 0 Å². The van der Waals surface area contributed by atoms with Crippen LogP contribution in [0.5, 0.6) is 0 Å². The van der Waals surface area contributed by atoms with Gasteiger partial charge in [0.1, 0.15) is 0 Å². The number of thioether (sulfide) groups is 1. The fourth-order valence-corrected chi connectivity index (χ4v) is 4.06. The third-order valence-corrected chi connectivity index (χ3v) is 4.90. The zero-order valence-electron chi connectivity index (χ0n) is 10.9. The van der Waals surface area contributed by atoms with Crippen LogP contribution in [0.3, 0.4) is 0 Å². The van der Waals surface area contributed by atoms with E-state index in [1.54, 1.807) is 0 Å². The maximum Gasteiger partial charge on any atom is 0.0953 e. The van der Waals surface area contributed by atoms with Gasteiger partial charge in [-0.25, -0.2) is 0 Å². The Labute approximate surface area is 118 Å². The van der Waals surface area contributed by atoms with Crippen LogP contribution in [0, 0.1) is 5.92 Å². The van der Waals surface area contributed by atoms with Gasteiger partial charge in [0.2, 0.25) is 0 Å². The fourth-order valence-electron chi connectivity index (χ4n) is 2.58. The van der Waals surface area contributed by atoms with Crippen molar-refractivity contribution in [3.8, 4) is 0 Å². The molecular formula is C14H20ClNOS. The Kier molecular flexibility index (Phi) is 4.59. The van der Waals surface area contributed by atoms with Crippen LogP contribution in [0.4, 0.5) is 0 Å². The molecule has 18 heavy (non-hydrogen) atoms. The number of hydrogen-bond acceptors (Lipinski definition) is 3. The Morgan fingerprint density at radius 2 is 2.28 bits per heavy atom. The predicted octanol–water partition coefficient (Wildman–Crippen LogP) is 2.84. The number of hydrogen-bond donors (Lipinski definition) is 1. The molecule has 2 rings (SSSR count). The summed E-state index contributed by atoms with van der Waals surface area (Å²) < 4.78 is 0. The van der Waals surface area contributed by atoms with Gasteiger partial charge in [-0.15, -0.1) is 0 Å². The van der Waals surface area contributed by atoms with Crippen LogP contribution in [0.2, 0.25) is 5.02 Å². The fraction of sp³-hybridized carbons (Fsp3) is 0.571. The van der Waals surface area contributed by atoms with Gasteiger partial charge in [0.25, 0.3) is 0 Å². The molecule has 1 aliphatic rings. The largest absolute Gasteiger partial charge is 0.385 e. The molecular weight excluding hydrogens is 266 g/mol. The highest BCUT2D eigenvalue weighted by Gasteiger charge is 2.40. The maximum absolute atomic E-state index is 11.1. The molecule has 1 saturated heterocycles. The van der Waals surface area contributed by atoms with Crippen LogP contribution in [-0.4, -0.2) is 42.2 Å². The van der Waals surface area contributed by atoms with Gasteiger partial charge in [-0.2, -0.15) is 11.8 Å². The normalized spacial score (nSPS) is 28.6. The van der Waals surface area contributed by atoms with Crippen molar-refractivity contribution < 1.29 is 5.11 Å². The zero-order valence-corrected chi connectivity index (χ0v) is 12.5. The molecule has 0 spiro atoms. The van der Waals surface area contributed by atoms with E-state index in [-0.39, 0.29) is 5.92 Å². The molecule has 2 atom stereocenters. The molecule has 4 heteroatoms. The Bertz CT molecular complexity index is 413. The molecule has 1 aromatic carbocycles. The molecule has 2 nitrogen and oxygen atoms in total. The summed E-state index contributed by atoms with van der Waals surface area (Å²) in [4.78, 5) is 2.14. The first-order chi connectivity index (χ1) is 8.52. The summed E-state index contributed by atoms with van der Waals surface area (Å²) in [6.07, 6.45) is 0.802. The second kappa shape index (κ2) is 5.83. The van der Waals surface area contributed by atoms with E-state index >= 15 is 0 Å². The van der Waals surface area contributed by atoms with Gasteiger partial charge in [-0.3, -0.25) is 0 Å². The summed E-state index contributed by atoms with van der Waals surface area (Å²) in [5, 5.41) is 11.8. The SMILES string of the molecule is CN(C)C[C@@H]1CSCC[C@@]1(O)c1cccc(Cl)c1. The lowest BCUT2D eigenvalue weighted by Gasteiger charge is -2.41. The molecule has 1 heterocycles. The number of nitrogens with zero attached hydrogens (tertiary/aromatic N) is 1. The van der Waals surface area contributed by atoms with Crippen LogP contribution in [0.1, 0.15) is 12.0 Å². The lowest BCUT2D eigenvalue weighted by molar-refractivity contribution is -0.0293. The summed E-state index contributed by atoms with van der Waals surface area (Å²) in [7, 11) is 4.11. The van der Waals surface area contributed by atoms with Crippen molar-refractivity contribution >= 4 is 23.4 Å². The van der Waals surface area contributed by atoms with E-state index in [1.807, 2.05) is 36.0 Å². The summed E-state index contributed by atoms with van der Waals surface area (Å²) in [5.74, 6) is 2.26. The van der Waals surface area contributed by atoms with Gasteiger partial charge in [-0.05, 0) is 44.0 Å². The molecule has 1 N–H and O–H groups in total. The second-order valence-corrected chi connectivity index (χ2v) is 6.80. The molecule has 1 aromatic rings. The quantitative estimate of drug-likeness (QED) is 0.924. The molecule has 100 valence electrons. The van der Waals surface area contributed by atoms with Gasteiger partial charge in [0, 0.05) is 23.2 Å². The molecule has 0 unspecified atom stereocenters. The van der Waals surface area contributed by atoms with Crippen LogP contribution in [-0.2, 0) is 5.60 Å². The molecule has 1 fully saturated rings. The minimum absolute atomic E-state index is 0.254. The minimum atomic E-state index is -0.736. The topological polar surface area (TPSA) is 23.5 Å². The average molecular weight is 286 g/mol. The van der Waals surface area contributed by atoms with E-state index in [0.29, 0.717) is 5.02 Å². The Hall–Kier alpha value is -0.220. The molecule has 0 radical (unpaired) electrons. The number of benzene rings is 1. The molecule has 0 bridgehead atoms. The van der Waals surface area contributed by atoms with Gasteiger partial charge in [-0.1, -0.05) is 23.7 Å². The van der Waals surface area contributed by atoms with Crippen LogP contribution in [0.25, 0.3) is 0 Å². The first-order valence-corrected chi connectivity index (χ1v) is 7.76. The summed E-state index contributed by atoms with van der Waals surface area (Å²) >= 11 is 7.98. The highest BCUT2D eigenvalue weighted by molar-refractivity contribution is 7.99. The highest BCUT2D eigenvalue weighted by Crippen LogP contribution is 2.41. The monoisotopic (exact) mass is 285 g/mol. The van der Waals surface area contributed by atoms with Crippen molar-refractivity contribution in [3.05, 3.63) is 34.9 Å². The predicted molar refractivity (Wildman–Crippen MR) is 79.3 cm³/mol. The molecule has 0 aliphatic carbocycles. The van der Waals surface area contributed by atoms with E-state index in [0.717, 1.165) is 30.0 Å². The third kappa shape index (κ3) is 3.02. The van der Waals surface area contributed by atoms with Gasteiger partial charge >= 0.3 is 0 Å². The second-order valence-electron chi connectivity index (χ2n) is 5.22. The maximum atomic E-state index is 11.1. The van der Waals surface area contributed by atoms with Crippen LogP contribution < -0.4 is 0 Å². The molecule has 0 amide bonds. The third-order valence-electron chi connectivity index (χ3n) is 3.53. The highest BCUT2D eigenvalue weighted by atomic mass is 35.5. The van der Waals surface area contributed by atoms with E-state index < -0.39 is 5.60 Å². The smallest absolute Gasteiger partial charge is 0.0953 e. The lowest BCUT2D eigenvalue weighted by Crippen LogP contribution is -2.45. The summed E-state index contributed by atoms with van der Waals surface area (Å²) in [5.41, 5.74) is 0.225. The zero-order chi connectivity index (χ0) is 13.2. The number of aliphatic hydroxyl groups is 1. The van der Waals surface area contributed by atoms with Crippen molar-refractivity contribution in [1.82, 2.24) is 4.90 Å². The number of halogens is 1. The van der Waals surface area contributed by atoms with Crippen LogP contribution >= 0.6 is 23.4 Å². The van der Waals surface area contributed by atoms with Crippen molar-refractivity contribution in [2.24, 2.45) is 5.92 Å². The molecule has 0 saturated carbocycles. The van der Waals surface area contributed by atoms with Gasteiger partial charge in [0.05, 0.1) is 5.60 Å². The first kappa shape index (κ1) is 14.2. The minimum Gasteiger partial charge on any atom is -0.385 e. The van der Waals surface area contributed by atoms with E-state index in [9.17, 15) is 5.11 Å². The van der Waals surface area contributed by atoms with Crippen molar-refractivity contribution in [2.75, 3.05) is 32.1 Å². The number of rotatable bonds is 3. The lowest BCUT2D eigenvalue weighted by atomic mass is 9.79. The van der Waals surface area contributed by atoms with Crippen LogP contribution in [0.15, 0.2) is 24.3 Å².